The number of nitrogens with two attached hydrogens (primary N) is 1. The van der Waals surface area contributed by atoms with Gasteiger partial charge in [-0.25, -0.2) is 4.98 Å². The lowest BCUT2D eigenvalue weighted by molar-refractivity contribution is 0.839. The highest BCUT2D eigenvalue weighted by Crippen LogP contribution is 2.11. The summed E-state index contributed by atoms with van der Waals surface area (Å²) in [6, 6.07) is 0. The molecule has 0 spiro atoms. The quantitative estimate of drug-likeness (QED) is 0.729. The van der Waals surface area contributed by atoms with E-state index in [4.69, 9.17) is 18.0 Å². The Morgan fingerprint density at radius 3 is 2.86 bits per heavy atom. The normalized spacial score (nSPS) is 10.4. The summed E-state index contributed by atoms with van der Waals surface area (Å²) < 4.78 is 1.50. The average Bonchev–Trinajstić information content (AvgIpc) is 2.70. The first-order valence-corrected chi connectivity index (χ1v) is 4.91. The van der Waals surface area contributed by atoms with Gasteiger partial charge in [-0.05, 0) is 6.92 Å². The van der Waals surface area contributed by atoms with E-state index in [1.807, 2.05) is 6.92 Å². The van der Waals surface area contributed by atoms with Crippen molar-refractivity contribution in [3.05, 3.63) is 17.2 Å². The molecule has 0 bridgehead atoms. The summed E-state index contributed by atoms with van der Waals surface area (Å²) >= 11 is 6.16. The van der Waals surface area contributed by atoms with Crippen LogP contribution in [-0.4, -0.2) is 30.0 Å². The number of aromatic nitrogens is 5. The molecule has 0 aromatic carbocycles. The van der Waals surface area contributed by atoms with Crippen LogP contribution in [-0.2, 0) is 0 Å². The molecule has 2 rings (SSSR count). The number of rotatable bonds is 2. The summed E-state index contributed by atoms with van der Waals surface area (Å²) in [7, 11) is 0. The number of thiocarbonyl (C=S) groups is 1. The SMILES string of the molecule is Cc1nnc(-n2cnc(C(N)=S)n2)s1. The number of hydrogen-bond acceptors (Lipinski definition) is 6. The average molecular weight is 226 g/mol. The van der Waals surface area contributed by atoms with Crippen molar-refractivity contribution in [3.63, 3.8) is 0 Å². The molecule has 2 N–H and O–H groups in total. The number of nitrogens with zero attached hydrogens (tertiary/aromatic N) is 5. The van der Waals surface area contributed by atoms with Crippen molar-refractivity contribution in [2.24, 2.45) is 5.73 Å². The van der Waals surface area contributed by atoms with Crippen LogP contribution in [0.1, 0.15) is 10.8 Å². The van der Waals surface area contributed by atoms with E-state index in [-0.39, 0.29) is 4.99 Å². The maximum Gasteiger partial charge on any atom is 0.234 e. The summed E-state index contributed by atoms with van der Waals surface area (Å²) in [5.41, 5.74) is 5.37. The van der Waals surface area contributed by atoms with Crippen molar-refractivity contribution >= 4 is 28.5 Å². The van der Waals surface area contributed by atoms with Gasteiger partial charge in [0, 0.05) is 0 Å². The van der Waals surface area contributed by atoms with Gasteiger partial charge in [-0.3, -0.25) is 0 Å². The Bertz CT molecular complexity index is 472. The van der Waals surface area contributed by atoms with Gasteiger partial charge < -0.3 is 5.73 Å². The first kappa shape index (κ1) is 9.16. The van der Waals surface area contributed by atoms with Crippen LogP contribution in [0.15, 0.2) is 6.33 Å². The van der Waals surface area contributed by atoms with Crippen molar-refractivity contribution in [1.29, 1.82) is 0 Å². The van der Waals surface area contributed by atoms with Gasteiger partial charge in [-0.1, -0.05) is 23.6 Å². The standard InChI is InChI=1S/C6H6N6S2/c1-3-9-10-6(14-3)12-2-8-5(11-12)4(7)13/h2H,1H3,(H2,7,13). The summed E-state index contributed by atoms with van der Waals surface area (Å²) in [5.74, 6) is 0.341. The molecule has 14 heavy (non-hydrogen) atoms. The largest absolute Gasteiger partial charge is 0.387 e. The predicted octanol–water partition coefficient (Wildman–Crippen LogP) is 0.0614. The molecule has 8 heteroatoms. The van der Waals surface area contributed by atoms with E-state index < -0.39 is 0 Å². The molecule has 2 heterocycles. The maximum atomic E-state index is 5.37. The number of hydrogen-bond donors (Lipinski definition) is 1. The van der Waals surface area contributed by atoms with E-state index in [0.29, 0.717) is 11.0 Å². The molecule has 2 aromatic heterocycles. The van der Waals surface area contributed by atoms with Crippen LogP contribution in [0.4, 0.5) is 0 Å². The molecule has 0 aliphatic heterocycles. The maximum absolute atomic E-state index is 5.37. The second-order valence-corrected chi connectivity index (χ2v) is 4.08. The fourth-order valence-corrected chi connectivity index (χ4v) is 1.55. The Morgan fingerprint density at radius 2 is 2.36 bits per heavy atom. The van der Waals surface area contributed by atoms with Crippen molar-refractivity contribution in [2.75, 3.05) is 0 Å². The van der Waals surface area contributed by atoms with E-state index >= 15 is 0 Å². The molecular formula is C6H6N6S2. The van der Waals surface area contributed by atoms with Gasteiger partial charge in [0.15, 0.2) is 0 Å². The molecule has 0 amide bonds. The van der Waals surface area contributed by atoms with Gasteiger partial charge >= 0.3 is 0 Å². The number of aryl methyl sites for hydroxylation is 1. The summed E-state index contributed by atoms with van der Waals surface area (Å²) in [6.07, 6.45) is 1.51. The van der Waals surface area contributed by atoms with Crippen LogP contribution in [0.25, 0.3) is 5.13 Å². The molecule has 0 fully saturated rings. The van der Waals surface area contributed by atoms with E-state index in [2.05, 4.69) is 20.3 Å². The molecular weight excluding hydrogens is 220 g/mol. The molecule has 0 saturated carbocycles. The molecule has 0 saturated heterocycles. The van der Waals surface area contributed by atoms with Crippen LogP contribution in [0, 0.1) is 6.92 Å². The van der Waals surface area contributed by atoms with E-state index in [9.17, 15) is 0 Å². The van der Waals surface area contributed by atoms with Crippen molar-refractivity contribution in [3.8, 4) is 5.13 Å². The van der Waals surface area contributed by atoms with Crippen LogP contribution >= 0.6 is 23.6 Å². The molecule has 6 nitrogen and oxygen atoms in total. The first-order chi connectivity index (χ1) is 6.66. The molecule has 2 aromatic rings. The lowest BCUT2D eigenvalue weighted by Gasteiger charge is -1.89. The van der Waals surface area contributed by atoms with Gasteiger partial charge in [0.1, 0.15) is 16.3 Å². The highest BCUT2D eigenvalue weighted by atomic mass is 32.1. The van der Waals surface area contributed by atoms with Crippen LogP contribution in [0.3, 0.4) is 0 Å². The first-order valence-electron chi connectivity index (χ1n) is 3.69. The molecule has 0 atom stereocenters. The van der Waals surface area contributed by atoms with Crippen LogP contribution in [0.2, 0.25) is 0 Å². The molecule has 0 aliphatic carbocycles. The zero-order valence-electron chi connectivity index (χ0n) is 7.21. The van der Waals surface area contributed by atoms with Crippen molar-refractivity contribution in [2.45, 2.75) is 6.92 Å². The smallest absolute Gasteiger partial charge is 0.234 e. The second kappa shape index (κ2) is 3.39. The third kappa shape index (κ3) is 1.61. The Labute approximate surface area is 88.8 Å². The van der Waals surface area contributed by atoms with E-state index in [1.54, 1.807) is 0 Å². The van der Waals surface area contributed by atoms with Crippen LogP contribution < -0.4 is 5.73 Å². The summed E-state index contributed by atoms with van der Waals surface area (Å²) in [4.78, 5) is 4.10. The lowest BCUT2D eigenvalue weighted by atomic mass is 10.6. The van der Waals surface area contributed by atoms with Crippen LogP contribution in [0.5, 0.6) is 0 Å². The summed E-state index contributed by atoms with van der Waals surface area (Å²) in [6.45, 7) is 1.87. The van der Waals surface area contributed by atoms with Gasteiger partial charge in [0.2, 0.25) is 11.0 Å². The molecule has 0 radical (unpaired) electrons. The zero-order valence-corrected chi connectivity index (χ0v) is 8.84. The van der Waals surface area contributed by atoms with Gasteiger partial charge in [0.05, 0.1) is 0 Å². The van der Waals surface area contributed by atoms with Crippen molar-refractivity contribution < 1.29 is 0 Å². The van der Waals surface area contributed by atoms with Gasteiger partial charge in [0.25, 0.3) is 0 Å². The zero-order chi connectivity index (χ0) is 10.1. The Morgan fingerprint density at radius 1 is 1.57 bits per heavy atom. The third-order valence-corrected chi connectivity index (χ3v) is 2.43. The Balaban J connectivity index is 2.38. The molecule has 0 aliphatic rings. The minimum atomic E-state index is 0.171. The fraction of sp³-hybridized carbons (Fsp3) is 0.167. The summed E-state index contributed by atoms with van der Waals surface area (Å²) in [5, 5.41) is 13.3. The topological polar surface area (TPSA) is 82.5 Å². The molecule has 0 unspecified atom stereocenters. The fourth-order valence-electron chi connectivity index (χ4n) is 0.847. The monoisotopic (exact) mass is 226 g/mol. The highest BCUT2D eigenvalue weighted by molar-refractivity contribution is 7.80. The second-order valence-electron chi connectivity index (χ2n) is 2.48. The third-order valence-electron chi connectivity index (χ3n) is 1.42. The molecule has 72 valence electrons. The Kier molecular flexibility index (Phi) is 2.22. The van der Waals surface area contributed by atoms with E-state index in [0.717, 1.165) is 5.01 Å². The Hall–Kier alpha value is -1.41. The van der Waals surface area contributed by atoms with Gasteiger partial charge in [-0.15, -0.1) is 15.3 Å². The highest BCUT2D eigenvalue weighted by Gasteiger charge is 2.07. The lowest BCUT2D eigenvalue weighted by Crippen LogP contribution is -2.12. The minimum absolute atomic E-state index is 0.171. The predicted molar refractivity (Wildman–Crippen MR) is 55.5 cm³/mol. The minimum Gasteiger partial charge on any atom is -0.387 e. The van der Waals surface area contributed by atoms with Gasteiger partial charge in [-0.2, -0.15) is 4.68 Å². The van der Waals surface area contributed by atoms with E-state index in [1.165, 1.54) is 22.3 Å². The van der Waals surface area contributed by atoms with Crippen molar-refractivity contribution in [1.82, 2.24) is 25.0 Å².